The van der Waals surface area contributed by atoms with E-state index in [0.717, 1.165) is 11.1 Å². The largest absolute Gasteiger partial charge is 0.507 e. The highest BCUT2D eigenvalue weighted by Crippen LogP contribution is 2.42. The first-order valence-corrected chi connectivity index (χ1v) is 10.6. The number of carbonyl (C=O) groups is 2. The van der Waals surface area contributed by atoms with Crippen molar-refractivity contribution < 1.29 is 34.3 Å². The van der Waals surface area contributed by atoms with Crippen molar-refractivity contribution in [1.82, 2.24) is 4.90 Å². The molecule has 0 bridgehead atoms. The van der Waals surface area contributed by atoms with Crippen LogP contribution in [-0.4, -0.2) is 41.0 Å². The summed E-state index contributed by atoms with van der Waals surface area (Å²) in [7, 11) is 2.96. The number of aliphatic hydroxyl groups is 1. The van der Waals surface area contributed by atoms with Crippen LogP contribution in [0.15, 0.2) is 66.5 Å². The van der Waals surface area contributed by atoms with Crippen LogP contribution in [0.25, 0.3) is 5.76 Å². The monoisotopic (exact) mass is 461 g/mol. The summed E-state index contributed by atoms with van der Waals surface area (Å²) in [4.78, 5) is 30.7. The van der Waals surface area contributed by atoms with Gasteiger partial charge in [-0.05, 0) is 54.4 Å². The molecule has 0 radical (unpaired) electrons. The lowest BCUT2D eigenvalue weighted by Gasteiger charge is -2.25. The van der Waals surface area contributed by atoms with Gasteiger partial charge in [-0.25, -0.2) is 4.98 Å². The third kappa shape index (κ3) is 4.05. The molecule has 0 saturated carbocycles. The number of aromatic hydroxyl groups is 1. The number of hydrogen-bond donors (Lipinski definition) is 2. The number of pyridine rings is 1. The summed E-state index contributed by atoms with van der Waals surface area (Å²) >= 11 is 0. The van der Waals surface area contributed by atoms with Crippen LogP contribution in [0.1, 0.15) is 28.3 Å². The predicted molar refractivity (Wildman–Crippen MR) is 123 cm³/mol. The number of ketones is 1. The number of nitrogens with zero attached hydrogens (tertiary/aromatic N) is 1. The molecule has 4 rings (SSSR count). The minimum atomic E-state index is -0.892. The van der Waals surface area contributed by atoms with E-state index in [-0.39, 0.29) is 29.4 Å². The van der Waals surface area contributed by atoms with Crippen molar-refractivity contribution in [3.63, 3.8) is 0 Å². The van der Waals surface area contributed by atoms with Crippen molar-refractivity contribution >= 4 is 17.4 Å². The molecular formula is C26H25N2O6+. The number of carbonyl (C=O) groups excluding carboxylic acids is 2. The number of amides is 1. The standard InChI is InChI=1S/C26H24N2O6/c1-15-11-18(7-9-20(15)33-2)24(30)22-23(17-6-8-19(29)21(12-17)34-3)28(26(32)25(22)31)14-16-5-4-10-27-13-16/h4-13,23,29-30H,14H2,1-3H3/p+1. The number of likely N-dealkylation sites (tertiary alicyclic amines) is 1. The topological polar surface area (TPSA) is 110 Å². The first-order chi connectivity index (χ1) is 16.3. The maximum atomic E-state index is 13.2. The van der Waals surface area contributed by atoms with Crippen molar-refractivity contribution in [3.05, 3.63) is 88.8 Å². The molecule has 3 N–H and O–H groups in total. The lowest BCUT2D eigenvalue weighted by Crippen LogP contribution is -2.29. The molecule has 3 aromatic rings. The maximum Gasteiger partial charge on any atom is 0.295 e. The van der Waals surface area contributed by atoms with Crippen LogP contribution in [0.3, 0.4) is 0 Å². The van der Waals surface area contributed by atoms with Crippen molar-refractivity contribution in [3.8, 4) is 17.2 Å². The van der Waals surface area contributed by atoms with E-state index in [2.05, 4.69) is 4.98 Å². The number of aromatic nitrogens is 1. The quantitative estimate of drug-likeness (QED) is 0.332. The Balaban J connectivity index is 1.89. The molecular weight excluding hydrogens is 436 g/mol. The Morgan fingerprint density at radius 1 is 1.06 bits per heavy atom. The van der Waals surface area contributed by atoms with Crippen molar-refractivity contribution in [2.75, 3.05) is 14.2 Å². The van der Waals surface area contributed by atoms with E-state index in [0.29, 0.717) is 16.9 Å². The zero-order valence-corrected chi connectivity index (χ0v) is 19.0. The van der Waals surface area contributed by atoms with Gasteiger partial charge in [0.2, 0.25) is 0 Å². The van der Waals surface area contributed by atoms with Gasteiger partial charge >= 0.3 is 0 Å². The molecule has 2 aromatic carbocycles. The second kappa shape index (κ2) is 9.27. The summed E-state index contributed by atoms with van der Waals surface area (Å²) in [6.07, 6.45) is 3.48. The number of aryl methyl sites for hydroxylation is 1. The summed E-state index contributed by atoms with van der Waals surface area (Å²) in [5, 5.41) is 21.3. The predicted octanol–water partition coefficient (Wildman–Crippen LogP) is 3.15. The molecule has 1 fully saturated rings. The zero-order valence-electron chi connectivity index (χ0n) is 19.0. The van der Waals surface area contributed by atoms with E-state index in [1.165, 1.54) is 18.1 Å². The van der Waals surface area contributed by atoms with Crippen LogP contribution >= 0.6 is 0 Å². The Morgan fingerprint density at radius 3 is 2.47 bits per heavy atom. The van der Waals surface area contributed by atoms with E-state index in [4.69, 9.17) is 9.47 Å². The highest BCUT2D eigenvalue weighted by molar-refractivity contribution is 6.46. The fourth-order valence-electron chi connectivity index (χ4n) is 4.16. The van der Waals surface area contributed by atoms with E-state index >= 15 is 0 Å². The van der Waals surface area contributed by atoms with Crippen LogP contribution in [0.4, 0.5) is 0 Å². The fourth-order valence-corrected chi connectivity index (χ4v) is 4.16. The third-order valence-electron chi connectivity index (χ3n) is 5.85. The number of ether oxygens (including phenoxy) is 2. The Labute approximate surface area is 196 Å². The van der Waals surface area contributed by atoms with Crippen LogP contribution in [-0.2, 0) is 16.1 Å². The minimum Gasteiger partial charge on any atom is -0.507 e. The number of rotatable bonds is 6. The van der Waals surface area contributed by atoms with Gasteiger partial charge < -0.3 is 24.6 Å². The molecule has 2 heterocycles. The number of nitrogens with one attached hydrogen (secondary N) is 1. The molecule has 1 aliphatic rings. The number of aromatic amines is 1. The van der Waals surface area contributed by atoms with Gasteiger partial charge in [-0.3, -0.25) is 9.59 Å². The van der Waals surface area contributed by atoms with Crippen molar-refractivity contribution in [1.29, 1.82) is 0 Å². The Morgan fingerprint density at radius 2 is 1.82 bits per heavy atom. The number of aliphatic hydroxyl groups excluding tert-OH is 1. The number of benzene rings is 2. The Kier molecular flexibility index (Phi) is 6.23. The van der Waals surface area contributed by atoms with E-state index < -0.39 is 17.7 Å². The van der Waals surface area contributed by atoms with Crippen LogP contribution in [0.5, 0.6) is 17.2 Å². The van der Waals surface area contributed by atoms with Crippen LogP contribution in [0.2, 0.25) is 0 Å². The van der Waals surface area contributed by atoms with Crippen LogP contribution < -0.4 is 14.5 Å². The molecule has 34 heavy (non-hydrogen) atoms. The summed E-state index contributed by atoms with van der Waals surface area (Å²) < 4.78 is 10.5. The Bertz CT molecular complexity index is 1290. The van der Waals surface area contributed by atoms with Gasteiger partial charge in [0.25, 0.3) is 11.7 Å². The van der Waals surface area contributed by atoms with E-state index in [1.54, 1.807) is 55.9 Å². The molecule has 1 atom stereocenters. The average Bonchev–Trinajstić information content (AvgIpc) is 3.09. The molecule has 0 spiro atoms. The molecule has 0 aliphatic carbocycles. The second-order valence-corrected chi connectivity index (χ2v) is 7.95. The molecule has 174 valence electrons. The smallest absolute Gasteiger partial charge is 0.295 e. The van der Waals surface area contributed by atoms with Gasteiger partial charge in [0, 0.05) is 17.2 Å². The van der Waals surface area contributed by atoms with Crippen molar-refractivity contribution in [2.45, 2.75) is 19.5 Å². The highest BCUT2D eigenvalue weighted by Gasteiger charge is 2.46. The summed E-state index contributed by atoms with van der Waals surface area (Å²) in [5.74, 6) is -1.06. The summed E-state index contributed by atoms with van der Waals surface area (Å²) in [6, 6.07) is 12.4. The maximum absolute atomic E-state index is 13.2. The molecule has 1 unspecified atom stereocenters. The van der Waals surface area contributed by atoms with Gasteiger partial charge in [-0.1, -0.05) is 6.07 Å². The lowest BCUT2D eigenvalue weighted by atomic mass is 9.94. The molecule has 8 heteroatoms. The third-order valence-corrected chi connectivity index (χ3v) is 5.85. The lowest BCUT2D eigenvalue weighted by molar-refractivity contribution is -0.378. The highest BCUT2D eigenvalue weighted by atomic mass is 16.5. The first kappa shape index (κ1) is 22.8. The van der Waals surface area contributed by atoms with E-state index in [1.807, 2.05) is 13.0 Å². The molecule has 1 amide bonds. The van der Waals surface area contributed by atoms with Gasteiger partial charge in [0.15, 0.2) is 23.9 Å². The van der Waals surface area contributed by atoms with Crippen molar-refractivity contribution in [2.24, 2.45) is 0 Å². The van der Waals surface area contributed by atoms with E-state index in [9.17, 15) is 19.8 Å². The van der Waals surface area contributed by atoms with Gasteiger partial charge in [-0.15, -0.1) is 0 Å². The number of phenolic OH excluding ortho intramolecular Hbond substituents is 1. The van der Waals surface area contributed by atoms with Gasteiger partial charge in [-0.2, -0.15) is 0 Å². The molecule has 8 nitrogen and oxygen atoms in total. The Hall–Kier alpha value is -4.33. The summed E-state index contributed by atoms with van der Waals surface area (Å²) in [5.41, 5.74) is 2.41. The molecule has 1 saturated heterocycles. The second-order valence-electron chi connectivity index (χ2n) is 7.95. The van der Waals surface area contributed by atoms with Gasteiger partial charge in [0.05, 0.1) is 32.4 Å². The summed E-state index contributed by atoms with van der Waals surface area (Å²) in [6.45, 7) is 1.95. The molecule has 1 aromatic heterocycles. The zero-order chi connectivity index (χ0) is 24.4. The fraction of sp³-hybridized carbons (Fsp3) is 0.192. The first-order valence-electron chi connectivity index (χ1n) is 10.6. The van der Waals surface area contributed by atoms with Gasteiger partial charge in [0.1, 0.15) is 11.5 Å². The average molecular weight is 461 g/mol. The normalized spacial score (nSPS) is 17.1. The number of phenols is 1. The number of Topliss-reactive ketones (excluding diaryl/α,β-unsaturated/α-hetero) is 1. The molecule has 1 aliphatic heterocycles. The SMILES string of the molecule is COc1ccc(C(O)=C2C(=O)C(=O)N(Cc3ccc[nH+]c3)C2c2ccc(O)c(OC)c2)cc1C. The number of H-pyrrole nitrogens is 1. The minimum absolute atomic E-state index is 0.0396. The van der Waals surface area contributed by atoms with Crippen LogP contribution in [0, 0.1) is 6.92 Å². The number of methoxy groups -OCH3 is 2. The number of hydrogen-bond acceptors (Lipinski definition) is 6.